The Labute approximate surface area is 117 Å². The largest absolute Gasteiger partial charge is 0.504 e. The van der Waals surface area contributed by atoms with Gasteiger partial charge in [-0.2, -0.15) is 0 Å². The fourth-order valence-electron chi connectivity index (χ4n) is 1.63. The van der Waals surface area contributed by atoms with Crippen LogP contribution in [0.5, 0.6) is 11.5 Å². The molecule has 0 saturated heterocycles. The predicted molar refractivity (Wildman–Crippen MR) is 71.9 cm³/mol. The zero-order valence-corrected chi connectivity index (χ0v) is 10.9. The number of aliphatic carboxylic acids is 1. The molecular formula is C13H11NO5S. The summed E-state index contributed by atoms with van der Waals surface area (Å²) in [6.07, 6.45) is 0. The van der Waals surface area contributed by atoms with Crippen LogP contribution in [0, 0.1) is 0 Å². The number of phenolic OH excluding ortho intramolecular Hbond substituents is 2. The molecule has 20 heavy (non-hydrogen) atoms. The molecular weight excluding hydrogens is 282 g/mol. The third-order valence-electron chi connectivity index (χ3n) is 2.61. The maximum absolute atomic E-state index is 12.0. The quantitative estimate of drug-likeness (QED) is 0.642. The Hall–Kier alpha value is -2.54. The lowest BCUT2D eigenvalue weighted by Crippen LogP contribution is -2.33. The second-order valence-electron chi connectivity index (χ2n) is 3.93. The number of aromatic hydroxyl groups is 2. The van der Waals surface area contributed by atoms with Gasteiger partial charge in [0.25, 0.3) is 5.91 Å². The number of nitrogens with one attached hydrogen (secondary N) is 1. The van der Waals surface area contributed by atoms with Crippen LogP contribution < -0.4 is 5.32 Å². The molecule has 1 heterocycles. The molecule has 104 valence electrons. The molecule has 0 spiro atoms. The van der Waals surface area contributed by atoms with Crippen LogP contribution in [0.3, 0.4) is 0 Å². The third-order valence-corrected chi connectivity index (χ3v) is 3.55. The van der Waals surface area contributed by atoms with E-state index in [1.165, 1.54) is 29.5 Å². The lowest BCUT2D eigenvalue weighted by Gasteiger charge is -2.13. The van der Waals surface area contributed by atoms with E-state index in [-0.39, 0.29) is 5.56 Å². The van der Waals surface area contributed by atoms with Crippen LogP contribution in [-0.2, 0) is 4.79 Å². The van der Waals surface area contributed by atoms with E-state index >= 15 is 0 Å². The van der Waals surface area contributed by atoms with Crippen molar-refractivity contribution in [3.05, 3.63) is 46.2 Å². The predicted octanol–water partition coefficient (Wildman–Crippen LogP) is 1.71. The van der Waals surface area contributed by atoms with Gasteiger partial charge in [-0.25, -0.2) is 4.79 Å². The number of hydrogen-bond donors (Lipinski definition) is 4. The highest BCUT2D eigenvalue weighted by atomic mass is 32.1. The van der Waals surface area contributed by atoms with Gasteiger partial charge in [-0.15, -0.1) is 11.3 Å². The van der Waals surface area contributed by atoms with Gasteiger partial charge in [0, 0.05) is 4.88 Å². The maximum Gasteiger partial charge on any atom is 0.331 e. The summed E-state index contributed by atoms with van der Waals surface area (Å²) in [7, 11) is 0. The van der Waals surface area contributed by atoms with Gasteiger partial charge < -0.3 is 20.6 Å². The number of hydrogen-bond acceptors (Lipinski definition) is 5. The van der Waals surface area contributed by atoms with Crippen LogP contribution in [0.4, 0.5) is 0 Å². The molecule has 0 aliphatic carbocycles. The normalized spacial score (nSPS) is 11.8. The van der Waals surface area contributed by atoms with E-state index in [2.05, 4.69) is 5.32 Å². The van der Waals surface area contributed by atoms with Gasteiger partial charge in [0.2, 0.25) is 0 Å². The number of carbonyl (C=O) groups excluding carboxylic acids is 1. The number of benzene rings is 1. The van der Waals surface area contributed by atoms with Crippen LogP contribution in [0.25, 0.3) is 0 Å². The van der Waals surface area contributed by atoms with Gasteiger partial charge in [-0.3, -0.25) is 4.79 Å². The number of para-hydroxylation sites is 1. The molecule has 1 aromatic heterocycles. The Morgan fingerprint density at radius 1 is 1.15 bits per heavy atom. The minimum absolute atomic E-state index is 0.187. The Kier molecular flexibility index (Phi) is 3.90. The average molecular weight is 293 g/mol. The Morgan fingerprint density at radius 3 is 2.50 bits per heavy atom. The fraction of sp³-hybridized carbons (Fsp3) is 0.0769. The maximum atomic E-state index is 12.0. The van der Waals surface area contributed by atoms with Crippen molar-refractivity contribution in [2.45, 2.75) is 6.04 Å². The lowest BCUT2D eigenvalue weighted by atomic mass is 10.1. The SMILES string of the molecule is O=C(NC(C(=O)O)c1cccs1)c1cccc(O)c1O. The summed E-state index contributed by atoms with van der Waals surface area (Å²) >= 11 is 1.20. The zero-order chi connectivity index (χ0) is 14.7. The van der Waals surface area contributed by atoms with Crippen molar-refractivity contribution >= 4 is 23.2 Å². The van der Waals surface area contributed by atoms with Gasteiger partial charge >= 0.3 is 5.97 Å². The summed E-state index contributed by atoms with van der Waals surface area (Å²) in [6.45, 7) is 0. The van der Waals surface area contributed by atoms with Gasteiger partial charge in [-0.05, 0) is 23.6 Å². The Bertz CT molecular complexity index is 638. The lowest BCUT2D eigenvalue weighted by molar-refractivity contribution is -0.139. The van der Waals surface area contributed by atoms with E-state index in [9.17, 15) is 19.8 Å². The molecule has 0 fully saturated rings. The van der Waals surface area contributed by atoms with Gasteiger partial charge in [0.15, 0.2) is 17.5 Å². The molecule has 0 radical (unpaired) electrons. The third kappa shape index (κ3) is 2.72. The zero-order valence-electron chi connectivity index (χ0n) is 10.1. The van der Waals surface area contributed by atoms with Crippen molar-refractivity contribution in [2.75, 3.05) is 0 Å². The van der Waals surface area contributed by atoms with Crippen LogP contribution in [0.15, 0.2) is 35.7 Å². The number of thiophene rings is 1. The first-order valence-corrected chi connectivity index (χ1v) is 6.46. The average Bonchev–Trinajstić information content (AvgIpc) is 2.92. The molecule has 2 rings (SSSR count). The molecule has 0 aliphatic heterocycles. The van der Waals surface area contributed by atoms with Crippen molar-refractivity contribution in [3.63, 3.8) is 0 Å². The Morgan fingerprint density at radius 2 is 1.90 bits per heavy atom. The molecule has 0 bridgehead atoms. The van der Waals surface area contributed by atoms with Gasteiger partial charge in [0.05, 0.1) is 5.56 Å². The van der Waals surface area contributed by atoms with E-state index in [4.69, 9.17) is 5.11 Å². The first kappa shape index (κ1) is 13.9. The van der Waals surface area contributed by atoms with Crippen molar-refractivity contribution in [1.29, 1.82) is 0 Å². The van der Waals surface area contributed by atoms with Gasteiger partial charge in [-0.1, -0.05) is 12.1 Å². The highest BCUT2D eigenvalue weighted by Crippen LogP contribution is 2.29. The molecule has 1 unspecified atom stereocenters. The summed E-state index contributed by atoms with van der Waals surface area (Å²) in [5.41, 5.74) is -0.187. The summed E-state index contributed by atoms with van der Waals surface area (Å²) < 4.78 is 0. The van der Waals surface area contributed by atoms with E-state index in [1.54, 1.807) is 17.5 Å². The Balaban J connectivity index is 2.25. The number of carbonyl (C=O) groups is 2. The van der Waals surface area contributed by atoms with Crippen molar-refractivity contribution in [3.8, 4) is 11.5 Å². The number of phenols is 2. The van der Waals surface area contributed by atoms with E-state index in [0.717, 1.165) is 0 Å². The minimum atomic E-state index is -1.21. The molecule has 1 atom stereocenters. The van der Waals surface area contributed by atoms with Crippen molar-refractivity contribution in [1.82, 2.24) is 5.32 Å². The molecule has 6 nitrogen and oxygen atoms in total. The van der Waals surface area contributed by atoms with Crippen LogP contribution >= 0.6 is 11.3 Å². The smallest absolute Gasteiger partial charge is 0.331 e. The van der Waals surface area contributed by atoms with E-state index < -0.39 is 29.4 Å². The van der Waals surface area contributed by atoms with Crippen LogP contribution in [0.1, 0.15) is 21.3 Å². The summed E-state index contributed by atoms with van der Waals surface area (Å²) in [5.74, 6) is -3.01. The summed E-state index contributed by atoms with van der Waals surface area (Å²) in [4.78, 5) is 23.6. The number of rotatable bonds is 4. The molecule has 1 amide bonds. The number of carboxylic acid groups (broad SMARTS) is 1. The standard InChI is InChI=1S/C13H11NO5S/c15-8-4-1-3-7(11(8)16)12(17)14-10(13(18)19)9-5-2-6-20-9/h1-6,10,15-16H,(H,14,17)(H,18,19). The van der Waals surface area contributed by atoms with E-state index in [0.29, 0.717) is 4.88 Å². The molecule has 7 heteroatoms. The minimum Gasteiger partial charge on any atom is -0.504 e. The fourth-order valence-corrected chi connectivity index (χ4v) is 2.40. The van der Waals surface area contributed by atoms with Crippen molar-refractivity contribution in [2.24, 2.45) is 0 Å². The van der Waals surface area contributed by atoms with Crippen molar-refractivity contribution < 1.29 is 24.9 Å². The molecule has 0 saturated carbocycles. The van der Waals surface area contributed by atoms with Crippen LogP contribution in [0.2, 0.25) is 0 Å². The second-order valence-corrected chi connectivity index (χ2v) is 4.91. The molecule has 4 N–H and O–H groups in total. The molecule has 2 aromatic rings. The number of carboxylic acids is 1. The first-order chi connectivity index (χ1) is 9.50. The molecule has 1 aromatic carbocycles. The highest BCUT2D eigenvalue weighted by molar-refractivity contribution is 7.10. The number of amides is 1. The molecule has 0 aliphatic rings. The monoisotopic (exact) mass is 293 g/mol. The summed E-state index contributed by atoms with van der Waals surface area (Å²) in [5, 5.41) is 32.1. The second kappa shape index (κ2) is 5.62. The highest BCUT2D eigenvalue weighted by Gasteiger charge is 2.25. The van der Waals surface area contributed by atoms with E-state index in [1.807, 2.05) is 0 Å². The first-order valence-electron chi connectivity index (χ1n) is 5.58. The topological polar surface area (TPSA) is 107 Å². The van der Waals surface area contributed by atoms with Crippen LogP contribution in [-0.4, -0.2) is 27.2 Å². The summed E-state index contributed by atoms with van der Waals surface area (Å²) in [6, 6.07) is 5.95. The van der Waals surface area contributed by atoms with Gasteiger partial charge in [0.1, 0.15) is 0 Å².